The van der Waals surface area contributed by atoms with Gasteiger partial charge >= 0.3 is 0 Å². The molecule has 31 heavy (non-hydrogen) atoms. The number of H-pyrrole nitrogens is 3. The molecule has 0 saturated carbocycles. The molecule has 0 aromatic carbocycles. The molecule has 0 bridgehead atoms. The quantitative estimate of drug-likeness (QED) is 0.220. The second-order valence-corrected chi connectivity index (χ2v) is 7.60. The molecule has 170 valence electrons. The SMILES string of the molecule is CCCC(O)(c1cn[nH]n1)N(C(O)(CCC)c1cn[nH]n1)C(O)(CCC)c1cn[nH]n1. The van der Waals surface area contributed by atoms with Crippen LogP contribution in [0.2, 0.25) is 0 Å². The number of nitrogens with one attached hydrogen (secondary N) is 3. The van der Waals surface area contributed by atoms with E-state index in [1.807, 2.05) is 20.8 Å². The average Bonchev–Trinajstić information content (AvgIpc) is 3.53. The van der Waals surface area contributed by atoms with E-state index in [9.17, 15) is 15.3 Å². The normalized spacial score (nSPS) is 17.9. The Morgan fingerprint density at radius 2 is 0.935 bits per heavy atom. The van der Waals surface area contributed by atoms with Crippen LogP contribution >= 0.6 is 0 Å². The summed E-state index contributed by atoms with van der Waals surface area (Å²) in [5, 5.41) is 67.7. The van der Waals surface area contributed by atoms with Crippen molar-refractivity contribution in [2.45, 2.75) is 76.5 Å². The van der Waals surface area contributed by atoms with E-state index < -0.39 is 17.2 Å². The molecular weight excluding hydrogens is 404 g/mol. The standard InChI is InChI=1S/C18H30N10O3/c1-4-7-16(29,13-10-19-25-22-13)28(17(30,8-5-2)14-11-20-26-23-14)18(31,9-6-3)15-12-21-27-24-15/h10-12,29-31H,4-9H2,1-3H3,(H,19,22,25)(H,20,23,26)(H,21,24,27). The van der Waals surface area contributed by atoms with E-state index in [1.54, 1.807) is 0 Å². The van der Waals surface area contributed by atoms with Crippen LogP contribution in [0.15, 0.2) is 18.6 Å². The summed E-state index contributed by atoms with van der Waals surface area (Å²) >= 11 is 0. The number of aromatic nitrogens is 9. The van der Waals surface area contributed by atoms with Gasteiger partial charge in [0.1, 0.15) is 17.1 Å². The lowest BCUT2D eigenvalue weighted by atomic mass is 9.87. The van der Waals surface area contributed by atoms with Crippen LogP contribution in [0, 0.1) is 0 Å². The van der Waals surface area contributed by atoms with Gasteiger partial charge in [-0.05, 0) is 19.3 Å². The van der Waals surface area contributed by atoms with E-state index in [2.05, 4.69) is 46.2 Å². The van der Waals surface area contributed by atoms with Gasteiger partial charge in [-0.15, -0.1) is 0 Å². The van der Waals surface area contributed by atoms with Gasteiger partial charge in [0.15, 0.2) is 17.2 Å². The predicted molar refractivity (Wildman–Crippen MR) is 107 cm³/mol. The van der Waals surface area contributed by atoms with Gasteiger partial charge in [-0.3, -0.25) is 0 Å². The van der Waals surface area contributed by atoms with Crippen LogP contribution in [0.1, 0.15) is 76.4 Å². The van der Waals surface area contributed by atoms with Gasteiger partial charge < -0.3 is 15.3 Å². The fourth-order valence-electron chi connectivity index (χ4n) is 4.21. The van der Waals surface area contributed by atoms with Crippen molar-refractivity contribution >= 4 is 0 Å². The smallest absolute Gasteiger partial charge is 0.170 e. The van der Waals surface area contributed by atoms with Gasteiger partial charge in [-0.2, -0.15) is 46.2 Å². The fourth-order valence-corrected chi connectivity index (χ4v) is 4.21. The second kappa shape index (κ2) is 9.18. The summed E-state index contributed by atoms with van der Waals surface area (Å²) in [5.41, 5.74) is -5.38. The Hall–Kier alpha value is -2.74. The van der Waals surface area contributed by atoms with Gasteiger partial charge in [0.2, 0.25) is 0 Å². The highest BCUT2D eigenvalue weighted by Gasteiger charge is 2.60. The van der Waals surface area contributed by atoms with Crippen LogP contribution in [0.4, 0.5) is 0 Å². The molecule has 6 N–H and O–H groups in total. The second-order valence-electron chi connectivity index (χ2n) is 7.60. The van der Waals surface area contributed by atoms with Crippen molar-refractivity contribution in [2.75, 3.05) is 0 Å². The maximum atomic E-state index is 12.1. The number of hydrogen-bond acceptors (Lipinski definition) is 10. The van der Waals surface area contributed by atoms with Crippen molar-refractivity contribution in [1.82, 2.24) is 51.1 Å². The first-order chi connectivity index (χ1) is 14.9. The first-order valence-corrected chi connectivity index (χ1v) is 10.4. The molecule has 0 aliphatic carbocycles. The summed E-state index contributed by atoms with van der Waals surface area (Å²) in [6, 6.07) is 0. The molecule has 3 rings (SSSR count). The van der Waals surface area contributed by atoms with Crippen LogP contribution in [0.3, 0.4) is 0 Å². The summed E-state index contributed by atoms with van der Waals surface area (Å²) in [5.74, 6) is 0. The Kier molecular flexibility index (Phi) is 6.79. The molecule has 0 spiro atoms. The number of aromatic amines is 3. The monoisotopic (exact) mass is 434 g/mol. The van der Waals surface area contributed by atoms with E-state index in [0.717, 1.165) is 0 Å². The van der Waals surface area contributed by atoms with Crippen LogP contribution in [0.5, 0.6) is 0 Å². The average molecular weight is 435 g/mol. The lowest BCUT2D eigenvalue weighted by Crippen LogP contribution is -2.66. The van der Waals surface area contributed by atoms with Gasteiger partial charge in [0, 0.05) is 0 Å². The van der Waals surface area contributed by atoms with Crippen molar-refractivity contribution < 1.29 is 15.3 Å². The summed E-state index contributed by atoms with van der Waals surface area (Å²) < 4.78 is 0. The molecular formula is C18H30N10O3. The zero-order valence-corrected chi connectivity index (χ0v) is 17.9. The van der Waals surface area contributed by atoms with Crippen molar-refractivity contribution in [2.24, 2.45) is 0 Å². The molecule has 0 amide bonds. The Bertz CT molecular complexity index is 784. The lowest BCUT2D eigenvalue weighted by molar-refractivity contribution is -0.348. The first-order valence-electron chi connectivity index (χ1n) is 10.4. The lowest BCUT2D eigenvalue weighted by Gasteiger charge is -2.54. The molecule has 0 fully saturated rings. The van der Waals surface area contributed by atoms with Crippen molar-refractivity contribution in [3.63, 3.8) is 0 Å². The highest BCUT2D eigenvalue weighted by Crippen LogP contribution is 2.49. The third-order valence-electron chi connectivity index (χ3n) is 5.38. The molecule has 0 aliphatic heterocycles. The minimum atomic E-state index is -1.94. The number of aliphatic hydroxyl groups is 3. The van der Waals surface area contributed by atoms with Gasteiger partial charge in [0.25, 0.3) is 0 Å². The van der Waals surface area contributed by atoms with Crippen molar-refractivity contribution in [3.05, 3.63) is 35.7 Å². The topological polar surface area (TPSA) is 189 Å². The van der Waals surface area contributed by atoms with Gasteiger partial charge in [0.05, 0.1) is 18.6 Å². The maximum Gasteiger partial charge on any atom is 0.170 e. The fraction of sp³-hybridized carbons (Fsp3) is 0.667. The van der Waals surface area contributed by atoms with E-state index in [1.165, 1.54) is 23.5 Å². The van der Waals surface area contributed by atoms with Crippen LogP contribution in [-0.4, -0.2) is 66.5 Å². The Morgan fingerprint density at radius 3 is 1.13 bits per heavy atom. The Balaban J connectivity index is 2.34. The minimum Gasteiger partial charge on any atom is -0.369 e. The zero-order chi connectivity index (χ0) is 22.5. The molecule has 13 heteroatoms. The van der Waals surface area contributed by atoms with E-state index in [-0.39, 0.29) is 36.3 Å². The van der Waals surface area contributed by atoms with Crippen molar-refractivity contribution in [1.29, 1.82) is 0 Å². The third kappa shape index (κ3) is 3.96. The molecule has 0 saturated heterocycles. The molecule has 3 aromatic heterocycles. The molecule has 0 radical (unpaired) electrons. The predicted octanol–water partition coefficient (Wildman–Crippen LogP) is 0.579. The highest BCUT2D eigenvalue weighted by atomic mass is 16.4. The summed E-state index contributed by atoms with van der Waals surface area (Å²) in [7, 11) is 0. The number of rotatable bonds is 12. The molecule has 3 atom stereocenters. The van der Waals surface area contributed by atoms with Gasteiger partial charge in [-0.25, -0.2) is 4.90 Å². The summed E-state index contributed by atoms with van der Waals surface area (Å²) in [6.07, 6.45) is 6.05. The highest BCUT2D eigenvalue weighted by molar-refractivity contribution is 5.19. The molecule has 13 nitrogen and oxygen atoms in total. The zero-order valence-electron chi connectivity index (χ0n) is 17.9. The molecule has 3 aromatic rings. The number of nitrogens with zero attached hydrogens (tertiary/aromatic N) is 7. The molecule has 0 aliphatic rings. The number of hydrogen-bond donors (Lipinski definition) is 6. The van der Waals surface area contributed by atoms with E-state index in [4.69, 9.17) is 0 Å². The largest absolute Gasteiger partial charge is 0.369 e. The van der Waals surface area contributed by atoms with Crippen LogP contribution in [-0.2, 0) is 17.2 Å². The Morgan fingerprint density at radius 1 is 0.645 bits per heavy atom. The molecule has 3 unspecified atom stereocenters. The van der Waals surface area contributed by atoms with E-state index >= 15 is 0 Å². The first kappa shape index (κ1) is 22.9. The molecule has 3 heterocycles. The van der Waals surface area contributed by atoms with Gasteiger partial charge in [-0.1, -0.05) is 40.0 Å². The summed E-state index contributed by atoms with van der Waals surface area (Å²) in [6.45, 7) is 5.65. The van der Waals surface area contributed by atoms with E-state index in [0.29, 0.717) is 19.3 Å². The Labute approximate surface area is 179 Å². The van der Waals surface area contributed by atoms with Crippen molar-refractivity contribution in [3.8, 4) is 0 Å². The summed E-state index contributed by atoms with van der Waals surface area (Å²) in [4.78, 5) is 1.23. The van der Waals surface area contributed by atoms with Crippen LogP contribution in [0.25, 0.3) is 0 Å². The third-order valence-corrected chi connectivity index (χ3v) is 5.38. The maximum absolute atomic E-state index is 12.1. The van der Waals surface area contributed by atoms with Crippen LogP contribution < -0.4 is 0 Å². The minimum absolute atomic E-state index is 0.132.